The van der Waals surface area contributed by atoms with E-state index in [0.717, 1.165) is 52.0 Å². The molecule has 24 heavy (non-hydrogen) atoms. The first-order chi connectivity index (χ1) is 10.8. The predicted molar refractivity (Wildman–Crippen MR) is 103 cm³/mol. The lowest BCUT2D eigenvalue weighted by molar-refractivity contribution is -0.122. The number of carbonyl (C=O) groups is 1. The number of nitrogens with one attached hydrogen (secondary N) is 2. The topological polar surface area (TPSA) is 44.4 Å². The van der Waals surface area contributed by atoms with Gasteiger partial charge in [0.2, 0.25) is 5.91 Å². The third-order valence-corrected chi connectivity index (χ3v) is 4.87. The van der Waals surface area contributed by atoms with E-state index in [1.165, 1.54) is 12.0 Å². The van der Waals surface area contributed by atoms with Crippen molar-refractivity contribution in [3.05, 3.63) is 35.9 Å². The van der Waals surface area contributed by atoms with E-state index in [1.807, 2.05) is 0 Å². The first-order valence-corrected chi connectivity index (χ1v) is 8.58. The number of amides is 1. The summed E-state index contributed by atoms with van der Waals surface area (Å²) in [6, 6.07) is 10.7. The van der Waals surface area contributed by atoms with Gasteiger partial charge in [-0.1, -0.05) is 30.3 Å². The van der Waals surface area contributed by atoms with Gasteiger partial charge in [0.05, 0.1) is 6.04 Å². The van der Waals surface area contributed by atoms with Crippen LogP contribution in [0.1, 0.15) is 24.8 Å². The Morgan fingerprint density at radius 3 is 2.71 bits per heavy atom. The zero-order valence-electron chi connectivity index (χ0n) is 14.1. The normalized spacial score (nSPS) is 23.3. The zero-order chi connectivity index (χ0) is 15.2. The molecule has 2 N–H and O–H groups in total. The van der Waals surface area contributed by atoms with Crippen LogP contribution in [-0.2, 0) is 11.2 Å². The molecule has 0 bridgehead atoms. The van der Waals surface area contributed by atoms with E-state index in [1.54, 1.807) is 0 Å². The van der Waals surface area contributed by atoms with Gasteiger partial charge < -0.3 is 15.5 Å². The standard InChI is InChI=1S/C18H27N3O.2ClH/c22-18(17-7-4-10-19-17)20-13-16-9-12-21(14-16)11-8-15-5-2-1-3-6-15;;/h1-3,5-6,16-17,19H,4,7-14H2,(H,20,22);2*1H. The Balaban J connectivity index is 0.00000144. The maximum Gasteiger partial charge on any atom is 0.237 e. The van der Waals surface area contributed by atoms with Crippen LogP contribution < -0.4 is 10.6 Å². The SMILES string of the molecule is Cl.Cl.O=C(NCC1CCN(CCc2ccccc2)C1)C1CCCN1. The van der Waals surface area contributed by atoms with Crippen LogP contribution in [0.15, 0.2) is 30.3 Å². The highest BCUT2D eigenvalue weighted by molar-refractivity contribution is 5.85. The second-order valence-electron chi connectivity index (χ2n) is 6.58. The minimum absolute atomic E-state index is 0. The van der Waals surface area contributed by atoms with Gasteiger partial charge in [-0.25, -0.2) is 0 Å². The van der Waals surface area contributed by atoms with Crippen molar-refractivity contribution in [2.24, 2.45) is 5.92 Å². The average molecular weight is 374 g/mol. The minimum Gasteiger partial charge on any atom is -0.354 e. The molecule has 2 unspecified atom stereocenters. The van der Waals surface area contributed by atoms with E-state index in [4.69, 9.17) is 0 Å². The summed E-state index contributed by atoms with van der Waals surface area (Å²) < 4.78 is 0. The van der Waals surface area contributed by atoms with Gasteiger partial charge in [-0.05, 0) is 50.3 Å². The number of rotatable bonds is 6. The van der Waals surface area contributed by atoms with Crippen LogP contribution in [0.3, 0.4) is 0 Å². The first kappa shape index (κ1) is 21.2. The maximum absolute atomic E-state index is 12.0. The molecule has 136 valence electrons. The fraction of sp³-hybridized carbons (Fsp3) is 0.611. The second kappa shape index (κ2) is 10.9. The quantitative estimate of drug-likeness (QED) is 0.803. The summed E-state index contributed by atoms with van der Waals surface area (Å²) in [7, 11) is 0. The van der Waals surface area contributed by atoms with Crippen LogP contribution in [0.5, 0.6) is 0 Å². The van der Waals surface area contributed by atoms with E-state index in [0.29, 0.717) is 5.92 Å². The Bertz CT molecular complexity index is 480. The predicted octanol–water partition coefficient (Wildman–Crippen LogP) is 2.26. The highest BCUT2D eigenvalue weighted by atomic mass is 35.5. The van der Waals surface area contributed by atoms with E-state index in [2.05, 4.69) is 45.9 Å². The summed E-state index contributed by atoms with van der Waals surface area (Å²) >= 11 is 0. The molecule has 0 radical (unpaired) electrons. The van der Waals surface area contributed by atoms with Gasteiger partial charge in [0, 0.05) is 19.6 Å². The molecule has 0 aliphatic carbocycles. The van der Waals surface area contributed by atoms with Gasteiger partial charge in [0.1, 0.15) is 0 Å². The Kier molecular flexibility index (Phi) is 9.67. The van der Waals surface area contributed by atoms with Gasteiger partial charge >= 0.3 is 0 Å². The number of hydrogen-bond acceptors (Lipinski definition) is 3. The van der Waals surface area contributed by atoms with E-state index < -0.39 is 0 Å². The Morgan fingerprint density at radius 2 is 2.00 bits per heavy atom. The molecule has 4 nitrogen and oxygen atoms in total. The molecular weight excluding hydrogens is 345 g/mol. The number of hydrogen-bond donors (Lipinski definition) is 2. The molecule has 1 aromatic rings. The van der Waals surface area contributed by atoms with Crippen LogP contribution in [0.25, 0.3) is 0 Å². The molecule has 3 rings (SSSR count). The maximum atomic E-state index is 12.0. The van der Waals surface area contributed by atoms with Crippen molar-refractivity contribution in [1.29, 1.82) is 0 Å². The summed E-state index contributed by atoms with van der Waals surface area (Å²) in [6.07, 6.45) is 4.42. The van der Waals surface area contributed by atoms with Crippen molar-refractivity contribution in [3.63, 3.8) is 0 Å². The molecule has 2 atom stereocenters. The van der Waals surface area contributed by atoms with Crippen molar-refractivity contribution >= 4 is 30.7 Å². The smallest absolute Gasteiger partial charge is 0.237 e. The number of nitrogens with zero attached hydrogens (tertiary/aromatic N) is 1. The second-order valence-corrected chi connectivity index (χ2v) is 6.58. The zero-order valence-corrected chi connectivity index (χ0v) is 15.7. The van der Waals surface area contributed by atoms with Crippen LogP contribution in [0.2, 0.25) is 0 Å². The third kappa shape index (κ3) is 6.25. The van der Waals surface area contributed by atoms with E-state index in [9.17, 15) is 4.79 Å². The summed E-state index contributed by atoms with van der Waals surface area (Å²) in [4.78, 5) is 14.5. The fourth-order valence-electron chi connectivity index (χ4n) is 3.49. The molecule has 0 spiro atoms. The van der Waals surface area contributed by atoms with Gasteiger partial charge in [0.25, 0.3) is 0 Å². The summed E-state index contributed by atoms with van der Waals surface area (Å²) in [5, 5.41) is 6.39. The molecule has 1 amide bonds. The van der Waals surface area contributed by atoms with Crippen molar-refractivity contribution in [3.8, 4) is 0 Å². The van der Waals surface area contributed by atoms with Gasteiger partial charge in [-0.15, -0.1) is 24.8 Å². The van der Waals surface area contributed by atoms with Gasteiger partial charge in [-0.3, -0.25) is 4.79 Å². The van der Waals surface area contributed by atoms with Gasteiger partial charge in [-0.2, -0.15) is 0 Å². The lowest BCUT2D eigenvalue weighted by Crippen LogP contribution is -2.42. The molecule has 2 heterocycles. The minimum atomic E-state index is 0. The summed E-state index contributed by atoms with van der Waals surface area (Å²) in [5.41, 5.74) is 1.41. The molecular formula is C18H29Cl2N3O. The van der Waals surface area contributed by atoms with Crippen LogP contribution in [0, 0.1) is 5.92 Å². The van der Waals surface area contributed by atoms with Crippen LogP contribution in [0.4, 0.5) is 0 Å². The summed E-state index contributed by atoms with van der Waals surface area (Å²) in [5.74, 6) is 0.807. The molecule has 2 aliphatic heterocycles. The molecule has 6 heteroatoms. The van der Waals surface area contributed by atoms with Crippen LogP contribution >= 0.6 is 24.8 Å². The van der Waals surface area contributed by atoms with E-state index in [-0.39, 0.29) is 36.8 Å². The van der Waals surface area contributed by atoms with Crippen molar-refractivity contribution in [1.82, 2.24) is 15.5 Å². The van der Waals surface area contributed by atoms with Crippen LogP contribution in [-0.4, -0.2) is 49.6 Å². The molecule has 0 aromatic heterocycles. The Morgan fingerprint density at radius 1 is 1.21 bits per heavy atom. The van der Waals surface area contributed by atoms with Crippen molar-refractivity contribution in [2.45, 2.75) is 31.7 Å². The highest BCUT2D eigenvalue weighted by Gasteiger charge is 2.25. The molecule has 2 aliphatic rings. The Hall–Kier alpha value is -0.810. The average Bonchev–Trinajstić information content (AvgIpc) is 3.23. The molecule has 1 aromatic carbocycles. The lowest BCUT2D eigenvalue weighted by Gasteiger charge is -2.17. The highest BCUT2D eigenvalue weighted by Crippen LogP contribution is 2.16. The monoisotopic (exact) mass is 373 g/mol. The number of halogens is 2. The molecule has 2 fully saturated rings. The van der Waals surface area contributed by atoms with E-state index >= 15 is 0 Å². The summed E-state index contributed by atoms with van der Waals surface area (Å²) in [6.45, 7) is 5.21. The first-order valence-electron chi connectivity index (χ1n) is 8.58. The third-order valence-electron chi connectivity index (χ3n) is 4.87. The number of benzene rings is 1. The largest absolute Gasteiger partial charge is 0.354 e. The van der Waals surface area contributed by atoms with Crippen molar-refractivity contribution < 1.29 is 4.79 Å². The van der Waals surface area contributed by atoms with Crippen molar-refractivity contribution in [2.75, 3.05) is 32.7 Å². The number of carbonyl (C=O) groups excluding carboxylic acids is 1. The fourth-order valence-corrected chi connectivity index (χ4v) is 3.49. The van der Waals surface area contributed by atoms with Gasteiger partial charge in [0.15, 0.2) is 0 Å². The molecule has 0 saturated carbocycles. The number of likely N-dealkylation sites (tertiary alicyclic amines) is 1. The molecule has 2 saturated heterocycles. The lowest BCUT2D eigenvalue weighted by atomic mass is 10.1. The Labute approximate surface area is 157 Å².